The lowest BCUT2D eigenvalue weighted by atomic mass is 9.98. The molecule has 0 aliphatic heterocycles. The van der Waals surface area contributed by atoms with Crippen molar-refractivity contribution in [1.29, 1.82) is 0 Å². The number of hydrogen-bond donors (Lipinski definition) is 3. The first-order chi connectivity index (χ1) is 12.8. The van der Waals surface area contributed by atoms with E-state index in [4.69, 9.17) is 10.3 Å². The molecule has 1 unspecified atom stereocenters. The average Bonchev–Trinajstić information content (AvgIpc) is 2.58. The van der Waals surface area contributed by atoms with Crippen LogP contribution in [0.4, 0.5) is 13.2 Å². The Morgan fingerprint density at radius 2 is 1.68 bits per heavy atom. The van der Waals surface area contributed by atoms with Gasteiger partial charge in [0.25, 0.3) is 10.1 Å². The number of alkyl halides is 3. The Labute approximate surface area is 161 Å². The van der Waals surface area contributed by atoms with Gasteiger partial charge in [-0.1, -0.05) is 42.5 Å². The summed E-state index contributed by atoms with van der Waals surface area (Å²) >= 11 is 0. The summed E-state index contributed by atoms with van der Waals surface area (Å²) in [6.45, 7) is 1.42. The van der Waals surface area contributed by atoms with E-state index in [1.54, 1.807) is 36.4 Å². The smallest absolute Gasteiger partial charge is 0.368 e. The lowest BCUT2D eigenvalue weighted by Crippen LogP contribution is -2.38. The molecule has 2 rings (SSSR count). The van der Waals surface area contributed by atoms with Gasteiger partial charge in [-0.25, -0.2) is 0 Å². The number of carbonyl (C=O) groups excluding carboxylic acids is 1. The number of rotatable bonds is 5. The van der Waals surface area contributed by atoms with Gasteiger partial charge in [-0.3, -0.25) is 9.35 Å². The van der Waals surface area contributed by atoms with Crippen molar-refractivity contribution in [3.8, 4) is 11.1 Å². The highest BCUT2D eigenvalue weighted by Crippen LogP contribution is 2.35. The minimum atomic E-state index is -4.47. The van der Waals surface area contributed by atoms with Crippen molar-refractivity contribution in [2.45, 2.75) is 25.7 Å². The van der Waals surface area contributed by atoms with Crippen LogP contribution in [0.15, 0.2) is 48.5 Å². The fourth-order valence-corrected chi connectivity index (χ4v) is 2.17. The number of hydrogen-bond acceptors (Lipinski definition) is 4. The van der Waals surface area contributed by atoms with Crippen LogP contribution >= 0.6 is 0 Å². The molecule has 10 heteroatoms. The summed E-state index contributed by atoms with van der Waals surface area (Å²) in [5.74, 6) is -0.612. The van der Waals surface area contributed by atoms with E-state index in [1.807, 2.05) is 0 Å². The lowest BCUT2D eigenvalue weighted by molar-refractivity contribution is -0.138. The van der Waals surface area contributed by atoms with Crippen molar-refractivity contribution in [2.24, 2.45) is 5.73 Å². The monoisotopic (exact) mass is 418 g/mol. The van der Waals surface area contributed by atoms with Crippen molar-refractivity contribution < 1.29 is 30.9 Å². The summed E-state index contributed by atoms with van der Waals surface area (Å²) < 4.78 is 65.8. The molecule has 0 bridgehead atoms. The van der Waals surface area contributed by atoms with E-state index in [9.17, 15) is 26.4 Å². The molecule has 0 spiro atoms. The third-order valence-corrected chi connectivity index (χ3v) is 3.55. The number of primary amides is 1. The van der Waals surface area contributed by atoms with Crippen LogP contribution < -0.4 is 11.1 Å². The lowest BCUT2D eigenvalue weighted by Gasteiger charge is -2.17. The molecular formula is C18H21F3N2O4S. The first-order valence-electron chi connectivity index (χ1n) is 7.99. The highest BCUT2D eigenvalue weighted by molar-refractivity contribution is 7.85. The van der Waals surface area contributed by atoms with E-state index in [-0.39, 0.29) is 12.1 Å². The summed E-state index contributed by atoms with van der Waals surface area (Å²) in [5.41, 5.74) is 5.66. The minimum absolute atomic E-state index is 0.0743. The van der Waals surface area contributed by atoms with Crippen LogP contribution in [0, 0.1) is 0 Å². The maximum Gasteiger partial charge on any atom is 0.416 e. The van der Waals surface area contributed by atoms with Gasteiger partial charge >= 0.3 is 6.18 Å². The maximum absolute atomic E-state index is 13.3. The van der Waals surface area contributed by atoms with E-state index < -0.39 is 33.8 Å². The predicted molar refractivity (Wildman–Crippen MR) is 99.8 cm³/mol. The number of nitrogens with one attached hydrogen (secondary N) is 1. The molecule has 0 aromatic heterocycles. The van der Waals surface area contributed by atoms with E-state index in [0.29, 0.717) is 17.4 Å². The molecule has 4 N–H and O–H groups in total. The Hall–Kier alpha value is -2.43. The molecule has 0 saturated heterocycles. The number of carbonyl (C=O) groups is 1. The van der Waals surface area contributed by atoms with Gasteiger partial charge < -0.3 is 11.1 Å². The van der Waals surface area contributed by atoms with Crippen molar-refractivity contribution in [3.05, 3.63) is 59.7 Å². The van der Waals surface area contributed by atoms with Gasteiger partial charge in [0.1, 0.15) is 0 Å². The van der Waals surface area contributed by atoms with Gasteiger partial charge in [-0.05, 0) is 29.7 Å². The molecule has 6 nitrogen and oxygen atoms in total. The Morgan fingerprint density at radius 1 is 1.14 bits per heavy atom. The Kier molecular flexibility index (Phi) is 8.15. The van der Waals surface area contributed by atoms with Crippen LogP contribution in [0.2, 0.25) is 0 Å². The highest BCUT2D eigenvalue weighted by atomic mass is 32.2. The van der Waals surface area contributed by atoms with Gasteiger partial charge in [-0.15, -0.1) is 0 Å². The van der Waals surface area contributed by atoms with Gasteiger partial charge in [0.05, 0.1) is 17.9 Å². The predicted octanol–water partition coefficient (Wildman–Crippen LogP) is 2.84. The number of nitrogens with two attached hydrogens (primary N) is 1. The van der Waals surface area contributed by atoms with E-state index >= 15 is 0 Å². The Bertz CT molecular complexity index is 893. The molecule has 1 atom stereocenters. The quantitative estimate of drug-likeness (QED) is 0.647. The maximum atomic E-state index is 13.3. The molecule has 1 amide bonds. The number of benzene rings is 2. The van der Waals surface area contributed by atoms with Crippen molar-refractivity contribution >= 4 is 16.0 Å². The van der Waals surface area contributed by atoms with Crippen molar-refractivity contribution in [3.63, 3.8) is 0 Å². The van der Waals surface area contributed by atoms with Crippen LogP contribution in [0.3, 0.4) is 0 Å². The van der Waals surface area contributed by atoms with Gasteiger partial charge in [0, 0.05) is 6.54 Å². The van der Waals surface area contributed by atoms with Gasteiger partial charge in [0.15, 0.2) is 0 Å². The molecule has 0 fully saturated rings. The summed E-state index contributed by atoms with van der Waals surface area (Å²) in [6, 6.07) is 12.3. The highest BCUT2D eigenvalue weighted by Gasteiger charge is 2.33. The molecule has 0 radical (unpaired) electrons. The molecule has 0 saturated carbocycles. The molecule has 0 aliphatic rings. The van der Waals surface area contributed by atoms with E-state index in [0.717, 1.165) is 6.07 Å². The van der Waals surface area contributed by atoms with Crippen molar-refractivity contribution in [2.75, 3.05) is 6.26 Å². The van der Waals surface area contributed by atoms with Gasteiger partial charge in [0.2, 0.25) is 5.91 Å². The number of amides is 1. The summed E-state index contributed by atoms with van der Waals surface area (Å²) in [7, 11) is -3.67. The molecule has 0 aliphatic carbocycles. The Balaban J connectivity index is 0.000000696. The fraction of sp³-hybridized carbons (Fsp3) is 0.278. The largest absolute Gasteiger partial charge is 0.416 e. The summed E-state index contributed by atoms with van der Waals surface area (Å²) in [5, 5.41) is 2.70. The zero-order valence-corrected chi connectivity index (χ0v) is 16.0. The standard InChI is InChI=1S/C17H17F3N2O.CH4O3S/c1-11(16(21)23)22-10-14-8-7-13(9-15(14)17(18,19)20)12-5-3-2-4-6-12;1-5(2,3)4/h2-9,11,22H,10H2,1H3,(H2,21,23);1H3,(H,2,3,4). The van der Waals surface area contributed by atoms with Crippen LogP contribution in [0.1, 0.15) is 18.1 Å². The van der Waals surface area contributed by atoms with Crippen LogP contribution in [0.5, 0.6) is 0 Å². The summed E-state index contributed by atoms with van der Waals surface area (Å²) in [4.78, 5) is 11.0. The second kappa shape index (κ2) is 9.67. The molecule has 2 aromatic carbocycles. The minimum Gasteiger partial charge on any atom is -0.368 e. The third-order valence-electron chi connectivity index (χ3n) is 3.55. The molecule has 154 valence electrons. The zero-order valence-electron chi connectivity index (χ0n) is 15.2. The van der Waals surface area contributed by atoms with Crippen LogP contribution in [-0.4, -0.2) is 31.2 Å². The first-order valence-corrected chi connectivity index (χ1v) is 9.84. The van der Waals surface area contributed by atoms with Gasteiger partial charge in [-0.2, -0.15) is 21.6 Å². The van der Waals surface area contributed by atoms with Crippen molar-refractivity contribution in [1.82, 2.24) is 5.32 Å². The SMILES string of the molecule is CC(NCc1ccc(-c2ccccc2)cc1C(F)(F)F)C(N)=O.CS(=O)(=O)O. The fourth-order valence-electron chi connectivity index (χ4n) is 2.17. The van der Waals surface area contributed by atoms with E-state index in [2.05, 4.69) is 5.32 Å². The normalized spacial score (nSPS) is 12.6. The van der Waals surface area contributed by atoms with Crippen LogP contribution in [0.25, 0.3) is 11.1 Å². The third kappa shape index (κ3) is 8.51. The number of halogens is 3. The molecule has 28 heavy (non-hydrogen) atoms. The first kappa shape index (κ1) is 23.6. The Morgan fingerprint density at radius 3 is 2.14 bits per heavy atom. The van der Waals surface area contributed by atoms with E-state index in [1.165, 1.54) is 13.0 Å². The molecule has 0 heterocycles. The van der Waals surface area contributed by atoms with Crippen LogP contribution in [-0.2, 0) is 27.6 Å². The molecular weight excluding hydrogens is 397 g/mol. The summed E-state index contributed by atoms with van der Waals surface area (Å²) in [6.07, 6.45) is -3.76. The zero-order chi connectivity index (χ0) is 21.5. The second-order valence-corrected chi connectivity index (χ2v) is 7.44. The molecule has 2 aromatic rings. The average molecular weight is 418 g/mol. The topological polar surface area (TPSA) is 109 Å². The second-order valence-electron chi connectivity index (χ2n) is 5.97.